The largest absolute Gasteiger partial charge is 0.351 e. The van der Waals surface area contributed by atoms with Crippen LogP contribution in [0.2, 0.25) is 0 Å². The number of primary amides is 1. The van der Waals surface area contributed by atoms with Crippen molar-refractivity contribution in [3.8, 4) is 0 Å². The van der Waals surface area contributed by atoms with Crippen LogP contribution < -0.4 is 16.4 Å². The molecule has 0 aliphatic rings. The molecule has 0 spiro atoms. The first-order chi connectivity index (χ1) is 9.15. The van der Waals surface area contributed by atoms with Crippen molar-refractivity contribution < 1.29 is 9.32 Å². The van der Waals surface area contributed by atoms with E-state index in [0.29, 0.717) is 18.1 Å². The van der Waals surface area contributed by atoms with Gasteiger partial charge in [-0.25, -0.2) is 4.79 Å². The lowest BCUT2D eigenvalue weighted by molar-refractivity contribution is 0.259. The first-order valence-electron chi connectivity index (χ1n) is 5.80. The number of carbonyl (C=O) groups excluding carboxylic acids is 1. The zero-order chi connectivity index (χ0) is 13.7. The van der Waals surface area contributed by atoms with E-state index in [2.05, 4.69) is 25.3 Å². The highest BCUT2D eigenvalue weighted by Crippen LogP contribution is 2.16. The third kappa shape index (κ3) is 3.78. The minimum absolute atomic E-state index is 0.126. The number of hydrogen-bond acceptors (Lipinski definition) is 5. The summed E-state index contributed by atoms with van der Waals surface area (Å²) in [5.74, 6) is 0.610. The molecule has 0 aliphatic heterocycles. The van der Waals surface area contributed by atoms with Crippen molar-refractivity contribution >= 4 is 11.7 Å². The summed E-state index contributed by atoms with van der Waals surface area (Å²) in [6.45, 7) is 2.55. The lowest BCUT2D eigenvalue weighted by Crippen LogP contribution is -2.20. The van der Waals surface area contributed by atoms with Crippen molar-refractivity contribution in [1.82, 2.24) is 15.5 Å². The molecule has 19 heavy (non-hydrogen) atoms. The number of nitrogens with two attached hydrogens (primary N) is 1. The molecule has 1 aromatic carbocycles. The highest BCUT2D eigenvalue weighted by atomic mass is 16.5. The van der Waals surface area contributed by atoms with Gasteiger partial charge in [0.15, 0.2) is 5.82 Å². The maximum atomic E-state index is 10.7. The van der Waals surface area contributed by atoms with Crippen LogP contribution in [-0.2, 0) is 6.54 Å². The fourth-order valence-electron chi connectivity index (χ4n) is 1.63. The Kier molecular flexibility index (Phi) is 4.09. The van der Waals surface area contributed by atoms with Gasteiger partial charge in [0, 0.05) is 11.7 Å². The van der Waals surface area contributed by atoms with E-state index in [1.54, 1.807) is 12.1 Å². The Morgan fingerprint density at radius 1 is 1.42 bits per heavy atom. The van der Waals surface area contributed by atoms with Crippen LogP contribution in [0.25, 0.3) is 0 Å². The molecule has 2 rings (SSSR count). The molecule has 100 valence electrons. The number of carbonyl (C=O) groups is 1. The lowest BCUT2D eigenvalue weighted by atomic mass is 10.1. The average Bonchev–Trinajstić information content (AvgIpc) is 2.89. The number of benzene rings is 1. The molecule has 0 saturated heterocycles. The molecular weight excluding hydrogens is 246 g/mol. The molecule has 2 amide bonds. The summed E-state index contributed by atoms with van der Waals surface area (Å²) in [6.07, 6.45) is 1.30. The van der Waals surface area contributed by atoms with Crippen LogP contribution in [0, 0.1) is 0 Å². The lowest BCUT2D eigenvalue weighted by Gasteiger charge is -2.13. The molecule has 2 aromatic rings. The van der Waals surface area contributed by atoms with Crippen molar-refractivity contribution in [2.75, 3.05) is 5.32 Å². The Morgan fingerprint density at radius 2 is 2.16 bits per heavy atom. The molecule has 0 fully saturated rings. The van der Waals surface area contributed by atoms with E-state index in [1.165, 1.54) is 6.39 Å². The fraction of sp³-hybridized carbons (Fsp3) is 0.250. The van der Waals surface area contributed by atoms with Crippen molar-refractivity contribution in [2.24, 2.45) is 5.73 Å². The van der Waals surface area contributed by atoms with Gasteiger partial charge in [0.25, 0.3) is 0 Å². The summed E-state index contributed by atoms with van der Waals surface area (Å²) < 4.78 is 4.65. The zero-order valence-electron chi connectivity index (χ0n) is 10.5. The van der Waals surface area contributed by atoms with Gasteiger partial charge in [-0.05, 0) is 24.6 Å². The van der Waals surface area contributed by atoms with Crippen LogP contribution in [0.3, 0.4) is 0 Å². The maximum Gasteiger partial charge on any atom is 0.316 e. The Balaban J connectivity index is 1.91. The number of nitrogens with one attached hydrogen (secondary N) is 2. The molecule has 0 radical (unpaired) electrons. The SMILES string of the molecule is CC(NCc1ncon1)c1ccc(NC(N)=O)cc1. The standard InChI is InChI=1S/C12H15N5O2/c1-8(14-6-11-15-7-19-17-11)9-2-4-10(5-3-9)16-12(13)18/h2-5,7-8,14H,6H2,1H3,(H3,13,16,18). The number of anilines is 1. The third-order valence-corrected chi connectivity index (χ3v) is 2.65. The van der Waals surface area contributed by atoms with Crippen LogP contribution >= 0.6 is 0 Å². The summed E-state index contributed by atoms with van der Waals surface area (Å²) in [6, 6.07) is 6.98. The van der Waals surface area contributed by atoms with Gasteiger partial charge >= 0.3 is 6.03 Å². The molecule has 7 heteroatoms. The van der Waals surface area contributed by atoms with E-state index in [0.717, 1.165) is 5.56 Å². The number of hydrogen-bond donors (Lipinski definition) is 3. The van der Waals surface area contributed by atoms with Crippen LogP contribution in [-0.4, -0.2) is 16.2 Å². The predicted octanol–water partition coefficient (Wildman–Crippen LogP) is 1.41. The molecule has 0 aliphatic carbocycles. The first kappa shape index (κ1) is 13.0. The van der Waals surface area contributed by atoms with E-state index < -0.39 is 6.03 Å². The molecule has 7 nitrogen and oxygen atoms in total. The molecule has 0 bridgehead atoms. The summed E-state index contributed by atoms with van der Waals surface area (Å²) in [5.41, 5.74) is 6.79. The Bertz CT molecular complexity index is 524. The number of amides is 2. The number of nitrogens with zero attached hydrogens (tertiary/aromatic N) is 2. The quantitative estimate of drug-likeness (QED) is 0.754. The molecule has 0 saturated carbocycles. The summed E-state index contributed by atoms with van der Waals surface area (Å²) in [7, 11) is 0. The highest BCUT2D eigenvalue weighted by molar-refractivity contribution is 5.87. The first-order valence-corrected chi connectivity index (χ1v) is 5.80. The Labute approximate surface area is 110 Å². The van der Waals surface area contributed by atoms with Gasteiger partial charge < -0.3 is 20.9 Å². The van der Waals surface area contributed by atoms with Crippen molar-refractivity contribution in [3.05, 3.63) is 42.0 Å². The smallest absolute Gasteiger partial charge is 0.316 e. The molecular formula is C12H15N5O2. The van der Waals surface area contributed by atoms with Gasteiger partial charge in [-0.3, -0.25) is 0 Å². The van der Waals surface area contributed by atoms with Crippen LogP contribution in [0.4, 0.5) is 10.5 Å². The summed E-state index contributed by atoms with van der Waals surface area (Å²) in [4.78, 5) is 14.6. The van der Waals surface area contributed by atoms with E-state index >= 15 is 0 Å². The normalized spacial score (nSPS) is 12.1. The highest BCUT2D eigenvalue weighted by Gasteiger charge is 2.07. The molecule has 1 heterocycles. The van der Waals surface area contributed by atoms with Crippen LogP contribution in [0.1, 0.15) is 24.4 Å². The predicted molar refractivity (Wildman–Crippen MR) is 69.2 cm³/mol. The van der Waals surface area contributed by atoms with Crippen molar-refractivity contribution in [2.45, 2.75) is 19.5 Å². The summed E-state index contributed by atoms with van der Waals surface area (Å²) in [5, 5.41) is 9.49. The minimum Gasteiger partial charge on any atom is -0.351 e. The third-order valence-electron chi connectivity index (χ3n) is 2.65. The Hall–Kier alpha value is -2.41. The monoisotopic (exact) mass is 261 g/mol. The molecule has 1 unspecified atom stereocenters. The second-order valence-corrected chi connectivity index (χ2v) is 4.06. The van der Waals surface area contributed by atoms with Crippen molar-refractivity contribution in [1.29, 1.82) is 0 Å². The van der Waals surface area contributed by atoms with E-state index in [4.69, 9.17) is 5.73 Å². The molecule has 4 N–H and O–H groups in total. The maximum absolute atomic E-state index is 10.7. The number of rotatable bonds is 5. The minimum atomic E-state index is -0.573. The van der Waals surface area contributed by atoms with Gasteiger partial charge in [-0.15, -0.1) is 0 Å². The van der Waals surface area contributed by atoms with Gasteiger partial charge in [0.2, 0.25) is 6.39 Å². The van der Waals surface area contributed by atoms with Crippen molar-refractivity contribution in [3.63, 3.8) is 0 Å². The number of urea groups is 1. The number of aromatic nitrogens is 2. The second-order valence-electron chi connectivity index (χ2n) is 4.06. The average molecular weight is 261 g/mol. The summed E-state index contributed by atoms with van der Waals surface area (Å²) >= 11 is 0. The van der Waals surface area contributed by atoms with Crippen LogP contribution in [0.5, 0.6) is 0 Å². The van der Waals surface area contributed by atoms with Gasteiger partial charge in [0.1, 0.15) is 0 Å². The van der Waals surface area contributed by atoms with Gasteiger partial charge in [-0.2, -0.15) is 4.98 Å². The second kappa shape index (κ2) is 5.96. The van der Waals surface area contributed by atoms with E-state index in [1.807, 2.05) is 19.1 Å². The van der Waals surface area contributed by atoms with Gasteiger partial charge in [-0.1, -0.05) is 17.3 Å². The Morgan fingerprint density at radius 3 is 2.74 bits per heavy atom. The van der Waals surface area contributed by atoms with Crippen LogP contribution in [0.15, 0.2) is 35.2 Å². The topological polar surface area (TPSA) is 106 Å². The zero-order valence-corrected chi connectivity index (χ0v) is 10.5. The van der Waals surface area contributed by atoms with Gasteiger partial charge in [0.05, 0.1) is 6.54 Å². The van der Waals surface area contributed by atoms with E-state index in [-0.39, 0.29) is 6.04 Å². The van der Waals surface area contributed by atoms with E-state index in [9.17, 15) is 4.79 Å². The molecule has 1 aromatic heterocycles. The molecule has 1 atom stereocenters. The fourth-order valence-corrected chi connectivity index (χ4v) is 1.63.